The first-order chi connectivity index (χ1) is 14.4. The number of aromatic nitrogens is 2. The number of aliphatic hydroxyl groups is 1. The number of aromatic amines is 1. The summed E-state index contributed by atoms with van der Waals surface area (Å²) in [6, 6.07) is 0.763. The summed E-state index contributed by atoms with van der Waals surface area (Å²) in [4.78, 5) is 60.5. The van der Waals surface area contributed by atoms with Crippen molar-refractivity contribution in [1.82, 2.24) is 9.55 Å². The Bertz CT molecular complexity index is 1100. The van der Waals surface area contributed by atoms with Crippen molar-refractivity contribution in [3.63, 3.8) is 0 Å². The molecule has 0 aliphatic carbocycles. The number of phosphoric acid groups is 3. The van der Waals surface area contributed by atoms with E-state index in [0.717, 1.165) is 19.2 Å². The van der Waals surface area contributed by atoms with E-state index in [2.05, 4.69) is 13.1 Å². The standard InChI is InChI=1S/C11H17F2N2O14P3/c1-5(27-31(22,23)29-32(24,25)28-30(19,20)21)7-8(17)11(13,4-12)9(26-7)15-3-2-6(16)14-10(15)18/h2-3,5,7-9,17H,4H2,1H3,(H,22,23)(H,24,25)(H,14,16,18)(H2,19,20,21)/t5-,7+,8?,9+,11+/m0/s1. The maximum absolute atomic E-state index is 15.2. The van der Waals surface area contributed by atoms with Crippen LogP contribution in [-0.4, -0.2) is 64.9 Å². The summed E-state index contributed by atoms with van der Waals surface area (Å²) in [5.41, 5.74) is -5.45. The molecule has 1 aliphatic rings. The van der Waals surface area contributed by atoms with Crippen LogP contribution < -0.4 is 11.2 Å². The number of hydrogen-bond donors (Lipinski definition) is 6. The summed E-state index contributed by atoms with van der Waals surface area (Å²) in [6.45, 7) is -1.08. The average Bonchev–Trinajstić information content (AvgIpc) is 2.84. The first kappa shape index (κ1) is 27.1. The molecule has 1 aromatic rings. The molecule has 0 bridgehead atoms. The summed E-state index contributed by atoms with van der Waals surface area (Å²) in [5, 5.41) is 10.2. The van der Waals surface area contributed by atoms with Crippen molar-refractivity contribution in [2.24, 2.45) is 0 Å². The number of H-pyrrole nitrogens is 1. The van der Waals surface area contributed by atoms with Gasteiger partial charge < -0.3 is 29.4 Å². The molecule has 32 heavy (non-hydrogen) atoms. The van der Waals surface area contributed by atoms with Crippen molar-refractivity contribution in [3.05, 3.63) is 33.1 Å². The van der Waals surface area contributed by atoms with Crippen LogP contribution >= 0.6 is 23.5 Å². The van der Waals surface area contributed by atoms with Gasteiger partial charge >= 0.3 is 29.2 Å². The average molecular weight is 532 g/mol. The van der Waals surface area contributed by atoms with E-state index in [9.17, 15) is 37.7 Å². The van der Waals surface area contributed by atoms with Gasteiger partial charge in [-0.2, -0.15) is 8.62 Å². The fraction of sp³-hybridized carbons (Fsp3) is 0.636. The molecule has 184 valence electrons. The zero-order valence-electron chi connectivity index (χ0n) is 15.6. The first-order valence-electron chi connectivity index (χ1n) is 8.13. The lowest BCUT2D eigenvalue weighted by Crippen LogP contribution is -2.48. The van der Waals surface area contributed by atoms with E-state index in [0.29, 0.717) is 4.57 Å². The summed E-state index contributed by atoms with van der Waals surface area (Å²) in [7, 11) is -17.2. The van der Waals surface area contributed by atoms with Gasteiger partial charge in [-0.15, -0.1) is 0 Å². The van der Waals surface area contributed by atoms with E-state index in [1.807, 2.05) is 0 Å². The Morgan fingerprint density at radius 3 is 2.31 bits per heavy atom. The molecule has 21 heteroatoms. The van der Waals surface area contributed by atoms with Crippen LogP contribution in [0.5, 0.6) is 0 Å². The fourth-order valence-corrected chi connectivity index (χ4v) is 5.95. The summed E-state index contributed by atoms with van der Waals surface area (Å²) in [5.74, 6) is 0. The van der Waals surface area contributed by atoms with Gasteiger partial charge in [-0.05, 0) is 6.92 Å². The molecule has 0 saturated carbocycles. The highest BCUT2D eigenvalue weighted by molar-refractivity contribution is 7.66. The van der Waals surface area contributed by atoms with Crippen LogP contribution in [0.3, 0.4) is 0 Å². The molecule has 0 spiro atoms. The Kier molecular flexibility index (Phi) is 7.84. The molecule has 2 heterocycles. The van der Waals surface area contributed by atoms with E-state index in [1.54, 1.807) is 4.98 Å². The Balaban J connectivity index is 2.26. The molecule has 6 N–H and O–H groups in total. The fourth-order valence-electron chi connectivity index (χ4n) is 2.75. The minimum atomic E-state index is -5.86. The predicted octanol–water partition coefficient (Wildman–Crippen LogP) is -0.796. The minimum Gasteiger partial charge on any atom is -0.387 e. The molecule has 0 amide bonds. The predicted molar refractivity (Wildman–Crippen MR) is 95.5 cm³/mol. The Morgan fingerprint density at radius 2 is 1.81 bits per heavy atom. The van der Waals surface area contributed by atoms with Gasteiger partial charge in [0.05, 0.1) is 6.10 Å². The lowest BCUT2D eigenvalue weighted by Gasteiger charge is -2.26. The number of halogens is 2. The lowest BCUT2D eigenvalue weighted by atomic mass is 9.95. The van der Waals surface area contributed by atoms with Gasteiger partial charge in [0.15, 0.2) is 6.23 Å². The third-order valence-corrected chi connectivity index (χ3v) is 7.91. The number of nitrogens with zero attached hydrogens (tertiary/aromatic N) is 1. The van der Waals surface area contributed by atoms with Crippen molar-refractivity contribution in [3.8, 4) is 0 Å². The topological polar surface area (TPSA) is 244 Å². The molecule has 0 radical (unpaired) electrons. The zero-order chi connectivity index (χ0) is 24.7. The number of nitrogens with one attached hydrogen (secondary N) is 1. The maximum atomic E-state index is 15.2. The van der Waals surface area contributed by atoms with Gasteiger partial charge in [-0.3, -0.25) is 18.9 Å². The Morgan fingerprint density at radius 1 is 1.22 bits per heavy atom. The molecule has 2 rings (SSSR count). The number of aliphatic hydroxyl groups excluding tert-OH is 1. The van der Waals surface area contributed by atoms with Crippen LogP contribution in [0.4, 0.5) is 8.78 Å². The number of ether oxygens (including phenoxy) is 1. The largest absolute Gasteiger partial charge is 0.490 e. The zero-order valence-corrected chi connectivity index (χ0v) is 18.3. The van der Waals surface area contributed by atoms with Gasteiger partial charge in [0, 0.05) is 12.3 Å². The number of phosphoric ester groups is 1. The monoisotopic (exact) mass is 532 g/mol. The van der Waals surface area contributed by atoms with Crippen LogP contribution in [0.25, 0.3) is 0 Å². The smallest absolute Gasteiger partial charge is 0.387 e. The third-order valence-electron chi connectivity index (χ3n) is 3.99. The number of alkyl halides is 2. The second-order valence-electron chi connectivity index (χ2n) is 6.38. The van der Waals surface area contributed by atoms with E-state index < -0.39 is 71.6 Å². The molecule has 1 aromatic heterocycles. The van der Waals surface area contributed by atoms with Crippen molar-refractivity contribution in [2.45, 2.75) is 37.1 Å². The van der Waals surface area contributed by atoms with Crippen LogP contribution in [0.15, 0.2) is 21.9 Å². The van der Waals surface area contributed by atoms with E-state index >= 15 is 4.39 Å². The molecule has 7 atom stereocenters. The van der Waals surface area contributed by atoms with Crippen LogP contribution in [0.2, 0.25) is 0 Å². The molecule has 0 aromatic carbocycles. The van der Waals surface area contributed by atoms with Crippen LogP contribution in [0.1, 0.15) is 13.2 Å². The van der Waals surface area contributed by atoms with Crippen molar-refractivity contribution < 1.29 is 65.0 Å². The van der Waals surface area contributed by atoms with E-state index in [4.69, 9.17) is 19.4 Å². The van der Waals surface area contributed by atoms with Crippen LogP contribution in [0, 0.1) is 0 Å². The van der Waals surface area contributed by atoms with E-state index in [-0.39, 0.29) is 0 Å². The second-order valence-corrected chi connectivity index (χ2v) is 10.7. The number of rotatable bonds is 9. The lowest BCUT2D eigenvalue weighted by molar-refractivity contribution is -0.0855. The van der Waals surface area contributed by atoms with Crippen molar-refractivity contribution in [2.75, 3.05) is 6.67 Å². The van der Waals surface area contributed by atoms with Crippen molar-refractivity contribution >= 4 is 23.5 Å². The Labute approximate surface area is 175 Å². The minimum absolute atomic E-state index is 0.391. The highest BCUT2D eigenvalue weighted by atomic mass is 31.3. The van der Waals surface area contributed by atoms with Gasteiger partial charge in [0.2, 0.25) is 5.67 Å². The molecule has 1 fully saturated rings. The third kappa shape index (κ3) is 6.26. The molecule has 1 saturated heterocycles. The summed E-state index contributed by atoms with van der Waals surface area (Å²) in [6.07, 6.45) is -7.81. The van der Waals surface area contributed by atoms with Crippen LogP contribution in [-0.2, 0) is 31.6 Å². The second kappa shape index (κ2) is 9.25. The van der Waals surface area contributed by atoms with Gasteiger partial charge in [-0.25, -0.2) is 27.3 Å². The SMILES string of the molecule is C[C@H](OP(=O)(O)OP(=O)(O)OP(=O)(O)O)[C@H]1O[C@@H](n2ccc(=O)[nH]c2=O)[C@@](F)(CF)C1O. The molecule has 3 unspecified atom stereocenters. The number of hydrogen-bond acceptors (Lipinski definition) is 10. The summed E-state index contributed by atoms with van der Waals surface area (Å²) < 4.78 is 79.5. The first-order valence-corrected chi connectivity index (χ1v) is 12.6. The van der Waals surface area contributed by atoms with Gasteiger partial charge in [0.1, 0.15) is 18.9 Å². The molecular weight excluding hydrogens is 515 g/mol. The Hall–Kier alpha value is -1.13. The van der Waals surface area contributed by atoms with Gasteiger partial charge in [0.25, 0.3) is 5.56 Å². The molecular formula is C11H17F2N2O14P3. The van der Waals surface area contributed by atoms with Crippen molar-refractivity contribution in [1.29, 1.82) is 0 Å². The quantitative estimate of drug-likeness (QED) is 0.213. The molecule has 16 nitrogen and oxygen atoms in total. The van der Waals surface area contributed by atoms with Gasteiger partial charge in [-0.1, -0.05) is 0 Å². The van der Waals surface area contributed by atoms with E-state index in [1.165, 1.54) is 0 Å². The molecule has 1 aliphatic heterocycles. The summed E-state index contributed by atoms with van der Waals surface area (Å²) >= 11 is 0. The highest BCUT2D eigenvalue weighted by Crippen LogP contribution is 2.66. The normalized spacial score (nSPS) is 31.1. The maximum Gasteiger partial charge on any atom is 0.490 e. The highest BCUT2D eigenvalue weighted by Gasteiger charge is 2.61.